The molecule has 118 valence electrons. The summed E-state index contributed by atoms with van der Waals surface area (Å²) in [7, 11) is 0. The van der Waals surface area contributed by atoms with Crippen molar-refractivity contribution in [3.63, 3.8) is 0 Å². The van der Waals surface area contributed by atoms with Gasteiger partial charge in [-0.15, -0.1) is 0 Å². The minimum absolute atomic E-state index is 0.207. The molecule has 5 heteroatoms. The number of fused-ring (bicyclic) bond motifs is 1. The molecule has 0 atom stereocenters. The second kappa shape index (κ2) is 6.38. The third-order valence-electron chi connectivity index (χ3n) is 3.66. The quantitative estimate of drug-likeness (QED) is 0.764. The number of aryl methyl sites for hydroxylation is 2. The van der Waals surface area contributed by atoms with Gasteiger partial charge in [-0.05, 0) is 56.2 Å². The lowest BCUT2D eigenvalue weighted by Gasteiger charge is -2.08. The summed E-state index contributed by atoms with van der Waals surface area (Å²) < 4.78 is 6.58. The molecule has 3 rings (SSSR count). The summed E-state index contributed by atoms with van der Waals surface area (Å²) >= 11 is 1.48. The molecule has 3 aromatic rings. The van der Waals surface area contributed by atoms with Crippen molar-refractivity contribution in [2.24, 2.45) is 0 Å². The molecule has 2 aromatic carbocycles. The highest BCUT2D eigenvalue weighted by atomic mass is 32.1. The SMILES string of the molecule is CCOc1ccccc1C(=O)Nc1nc2cc(C)c(C)cc2s1. The van der Waals surface area contributed by atoms with E-state index < -0.39 is 0 Å². The monoisotopic (exact) mass is 326 g/mol. The fraction of sp³-hybridized carbons (Fsp3) is 0.222. The van der Waals surface area contributed by atoms with E-state index in [2.05, 4.69) is 30.2 Å². The highest BCUT2D eigenvalue weighted by Crippen LogP contribution is 2.29. The number of thiazole rings is 1. The molecule has 1 amide bonds. The number of rotatable bonds is 4. The Labute approximate surface area is 139 Å². The minimum atomic E-state index is -0.207. The molecule has 4 nitrogen and oxygen atoms in total. The standard InChI is InChI=1S/C18H18N2O2S/c1-4-22-15-8-6-5-7-13(15)17(21)20-18-19-14-9-11(2)12(3)10-16(14)23-18/h5-10H,4H2,1-3H3,(H,19,20,21). The Balaban J connectivity index is 1.88. The van der Waals surface area contributed by atoms with Crippen molar-refractivity contribution >= 4 is 32.6 Å². The van der Waals surface area contributed by atoms with Crippen LogP contribution in [0, 0.1) is 13.8 Å². The first kappa shape index (κ1) is 15.5. The van der Waals surface area contributed by atoms with E-state index in [1.165, 1.54) is 22.5 Å². The largest absolute Gasteiger partial charge is 0.493 e. The Kier molecular flexibility index (Phi) is 4.30. The van der Waals surface area contributed by atoms with E-state index in [4.69, 9.17) is 4.74 Å². The normalized spacial score (nSPS) is 10.7. The lowest BCUT2D eigenvalue weighted by Crippen LogP contribution is -2.13. The van der Waals surface area contributed by atoms with E-state index in [-0.39, 0.29) is 5.91 Å². The van der Waals surface area contributed by atoms with Crippen molar-refractivity contribution < 1.29 is 9.53 Å². The van der Waals surface area contributed by atoms with E-state index in [0.717, 1.165) is 10.2 Å². The fourth-order valence-electron chi connectivity index (χ4n) is 2.33. The molecule has 0 aliphatic heterocycles. The van der Waals surface area contributed by atoms with Gasteiger partial charge in [-0.1, -0.05) is 23.5 Å². The van der Waals surface area contributed by atoms with Crippen LogP contribution in [0.3, 0.4) is 0 Å². The van der Waals surface area contributed by atoms with Crippen molar-refractivity contribution in [1.29, 1.82) is 0 Å². The van der Waals surface area contributed by atoms with Crippen molar-refractivity contribution in [3.8, 4) is 5.75 Å². The lowest BCUT2D eigenvalue weighted by molar-refractivity contribution is 0.102. The second-order valence-electron chi connectivity index (χ2n) is 5.31. The van der Waals surface area contributed by atoms with E-state index in [9.17, 15) is 4.79 Å². The fourth-order valence-corrected chi connectivity index (χ4v) is 3.27. The summed E-state index contributed by atoms with van der Waals surface area (Å²) in [5.74, 6) is 0.377. The van der Waals surface area contributed by atoms with Gasteiger partial charge in [0.2, 0.25) is 0 Å². The third kappa shape index (κ3) is 3.19. The van der Waals surface area contributed by atoms with Crippen molar-refractivity contribution in [2.75, 3.05) is 11.9 Å². The topological polar surface area (TPSA) is 51.2 Å². The molecule has 1 N–H and O–H groups in total. The number of hydrogen-bond acceptors (Lipinski definition) is 4. The van der Waals surface area contributed by atoms with Gasteiger partial charge in [0.1, 0.15) is 5.75 Å². The summed E-state index contributed by atoms with van der Waals surface area (Å²) in [5.41, 5.74) is 3.84. The number of carbonyl (C=O) groups excluding carboxylic acids is 1. The van der Waals surface area contributed by atoms with E-state index in [1.54, 1.807) is 12.1 Å². The highest BCUT2D eigenvalue weighted by Gasteiger charge is 2.14. The zero-order valence-electron chi connectivity index (χ0n) is 13.3. The van der Waals surface area contributed by atoms with Gasteiger partial charge in [-0.25, -0.2) is 4.98 Å². The van der Waals surface area contributed by atoms with Gasteiger partial charge in [0, 0.05) is 0 Å². The summed E-state index contributed by atoms with van der Waals surface area (Å²) in [6.07, 6.45) is 0. The Morgan fingerprint density at radius 2 is 1.96 bits per heavy atom. The van der Waals surface area contributed by atoms with Gasteiger partial charge in [0.05, 0.1) is 22.4 Å². The number of ether oxygens (including phenoxy) is 1. The molecule has 0 aliphatic carbocycles. The summed E-state index contributed by atoms with van der Waals surface area (Å²) in [6.45, 7) is 6.55. The van der Waals surface area contributed by atoms with Crippen LogP contribution in [0.4, 0.5) is 5.13 Å². The molecular weight excluding hydrogens is 308 g/mol. The number of amides is 1. The van der Waals surface area contributed by atoms with Crippen molar-refractivity contribution in [3.05, 3.63) is 53.1 Å². The molecule has 0 saturated carbocycles. The molecule has 1 heterocycles. The zero-order valence-corrected chi connectivity index (χ0v) is 14.2. The van der Waals surface area contributed by atoms with Gasteiger partial charge in [-0.2, -0.15) is 0 Å². The summed E-state index contributed by atoms with van der Waals surface area (Å²) in [6, 6.07) is 11.4. The molecule has 23 heavy (non-hydrogen) atoms. The van der Waals surface area contributed by atoms with Crippen LogP contribution >= 0.6 is 11.3 Å². The minimum Gasteiger partial charge on any atom is -0.493 e. The first-order valence-electron chi connectivity index (χ1n) is 7.49. The van der Waals surface area contributed by atoms with Gasteiger partial charge in [0.25, 0.3) is 5.91 Å². The maximum Gasteiger partial charge on any atom is 0.261 e. The number of aromatic nitrogens is 1. The number of para-hydroxylation sites is 1. The average molecular weight is 326 g/mol. The maximum atomic E-state index is 12.5. The Hall–Kier alpha value is -2.40. The maximum absolute atomic E-state index is 12.5. The average Bonchev–Trinajstić information content (AvgIpc) is 2.89. The van der Waals surface area contributed by atoms with Gasteiger partial charge >= 0.3 is 0 Å². The Bertz CT molecular complexity index is 832. The first-order chi connectivity index (χ1) is 11.1. The molecule has 0 spiro atoms. The zero-order chi connectivity index (χ0) is 16.4. The van der Waals surface area contributed by atoms with Gasteiger partial charge in [0.15, 0.2) is 5.13 Å². The predicted molar refractivity (Wildman–Crippen MR) is 94.7 cm³/mol. The highest BCUT2D eigenvalue weighted by molar-refractivity contribution is 7.22. The molecule has 0 aliphatic rings. The van der Waals surface area contributed by atoms with Crippen LogP contribution in [0.1, 0.15) is 28.4 Å². The summed E-state index contributed by atoms with van der Waals surface area (Å²) in [5, 5.41) is 3.47. The van der Waals surface area contributed by atoms with Crippen LogP contribution in [-0.2, 0) is 0 Å². The molecule has 0 bridgehead atoms. The second-order valence-corrected chi connectivity index (χ2v) is 6.34. The van der Waals surface area contributed by atoms with Gasteiger partial charge < -0.3 is 4.74 Å². The van der Waals surface area contributed by atoms with Gasteiger partial charge in [-0.3, -0.25) is 10.1 Å². The number of nitrogens with zero attached hydrogens (tertiary/aromatic N) is 1. The van der Waals surface area contributed by atoms with E-state index in [1.807, 2.05) is 25.1 Å². The number of carbonyl (C=O) groups is 1. The molecule has 0 radical (unpaired) electrons. The number of nitrogens with one attached hydrogen (secondary N) is 1. The molecule has 0 fully saturated rings. The van der Waals surface area contributed by atoms with E-state index >= 15 is 0 Å². The molecule has 0 unspecified atom stereocenters. The Morgan fingerprint density at radius 3 is 2.74 bits per heavy atom. The lowest BCUT2D eigenvalue weighted by atomic mass is 10.1. The molecule has 0 saturated heterocycles. The number of hydrogen-bond donors (Lipinski definition) is 1. The van der Waals surface area contributed by atoms with E-state index in [0.29, 0.717) is 23.1 Å². The smallest absolute Gasteiger partial charge is 0.261 e. The van der Waals surface area contributed by atoms with Crippen molar-refractivity contribution in [2.45, 2.75) is 20.8 Å². The Morgan fingerprint density at radius 1 is 1.22 bits per heavy atom. The van der Waals surface area contributed by atoms with Crippen LogP contribution in [0.2, 0.25) is 0 Å². The third-order valence-corrected chi connectivity index (χ3v) is 4.59. The number of anilines is 1. The molecular formula is C18H18N2O2S. The first-order valence-corrected chi connectivity index (χ1v) is 8.31. The summed E-state index contributed by atoms with van der Waals surface area (Å²) in [4.78, 5) is 17.0. The van der Waals surface area contributed by atoms with Crippen LogP contribution in [0.5, 0.6) is 5.75 Å². The predicted octanol–water partition coefficient (Wildman–Crippen LogP) is 4.56. The van der Waals surface area contributed by atoms with Crippen LogP contribution in [-0.4, -0.2) is 17.5 Å². The number of benzene rings is 2. The van der Waals surface area contributed by atoms with Crippen LogP contribution < -0.4 is 10.1 Å². The molecule has 1 aromatic heterocycles. The van der Waals surface area contributed by atoms with Crippen LogP contribution in [0.25, 0.3) is 10.2 Å². The van der Waals surface area contributed by atoms with Crippen molar-refractivity contribution in [1.82, 2.24) is 4.98 Å². The van der Waals surface area contributed by atoms with Crippen LogP contribution in [0.15, 0.2) is 36.4 Å².